The lowest BCUT2D eigenvalue weighted by Gasteiger charge is -2.21. The van der Waals surface area contributed by atoms with Gasteiger partial charge >= 0.3 is 0 Å². The van der Waals surface area contributed by atoms with Gasteiger partial charge in [0.15, 0.2) is 5.82 Å². The molecule has 1 aromatic carbocycles. The van der Waals surface area contributed by atoms with E-state index < -0.39 is 0 Å². The molecule has 2 heterocycles. The number of hydrogen-bond donors (Lipinski definition) is 1. The summed E-state index contributed by atoms with van der Waals surface area (Å²) in [5, 5.41) is 6.50. The van der Waals surface area contributed by atoms with Gasteiger partial charge < -0.3 is 14.7 Å². The van der Waals surface area contributed by atoms with Gasteiger partial charge in [-0.3, -0.25) is 9.59 Å². The molecule has 1 atom stereocenters. The molecule has 1 fully saturated rings. The van der Waals surface area contributed by atoms with Gasteiger partial charge in [0, 0.05) is 19.9 Å². The summed E-state index contributed by atoms with van der Waals surface area (Å²) in [6, 6.07) is 9.87. The first kappa shape index (κ1) is 16.2. The minimum Gasteiger partial charge on any atom is -0.349 e. The van der Waals surface area contributed by atoms with Gasteiger partial charge in [-0.2, -0.15) is 4.98 Å². The van der Waals surface area contributed by atoms with Crippen LogP contribution < -0.4 is 5.32 Å². The van der Waals surface area contributed by atoms with Crippen molar-refractivity contribution >= 4 is 11.8 Å². The third-order valence-electron chi connectivity index (χ3n) is 4.08. The number of amides is 2. The van der Waals surface area contributed by atoms with Crippen LogP contribution in [0, 0.1) is 0 Å². The zero-order valence-corrected chi connectivity index (χ0v) is 13.6. The van der Waals surface area contributed by atoms with E-state index in [2.05, 4.69) is 15.5 Å². The van der Waals surface area contributed by atoms with Crippen LogP contribution in [0.15, 0.2) is 34.9 Å². The first-order chi connectivity index (χ1) is 11.6. The average molecular weight is 328 g/mol. The van der Waals surface area contributed by atoms with E-state index in [1.807, 2.05) is 35.2 Å². The number of likely N-dealkylation sites (tertiary alicyclic amines) is 1. The third-order valence-corrected chi connectivity index (χ3v) is 4.08. The van der Waals surface area contributed by atoms with Gasteiger partial charge in [0.2, 0.25) is 17.7 Å². The Morgan fingerprint density at radius 2 is 2.17 bits per heavy atom. The zero-order valence-electron chi connectivity index (χ0n) is 13.6. The van der Waals surface area contributed by atoms with Crippen molar-refractivity contribution in [2.75, 3.05) is 6.54 Å². The molecule has 2 amide bonds. The highest BCUT2D eigenvalue weighted by Gasteiger charge is 2.35. The second-order valence-electron chi connectivity index (χ2n) is 5.84. The predicted molar refractivity (Wildman–Crippen MR) is 85.7 cm³/mol. The van der Waals surface area contributed by atoms with Crippen molar-refractivity contribution in [3.05, 3.63) is 47.6 Å². The van der Waals surface area contributed by atoms with E-state index in [1.165, 1.54) is 12.5 Å². The zero-order chi connectivity index (χ0) is 16.9. The molecule has 126 valence electrons. The standard InChI is InChI=1S/C17H20N4O3/c1-12(22)18-11-15-19-17(24-20-15)14-7-8-16(23)21(14)10-9-13-5-3-2-4-6-13/h2-6,14H,7-11H2,1H3,(H,18,22)/t14-/m0/s1. The SMILES string of the molecule is CC(=O)NCc1noc([C@@H]2CCC(=O)N2CCc2ccccc2)n1. The smallest absolute Gasteiger partial charge is 0.249 e. The van der Waals surface area contributed by atoms with E-state index in [9.17, 15) is 9.59 Å². The fraction of sp³-hybridized carbons (Fsp3) is 0.412. The van der Waals surface area contributed by atoms with Crippen LogP contribution >= 0.6 is 0 Å². The quantitative estimate of drug-likeness (QED) is 0.870. The topological polar surface area (TPSA) is 88.3 Å². The van der Waals surface area contributed by atoms with E-state index in [-0.39, 0.29) is 24.4 Å². The number of carbonyl (C=O) groups excluding carboxylic acids is 2. The highest BCUT2D eigenvalue weighted by atomic mass is 16.5. The number of aromatic nitrogens is 2. The Morgan fingerprint density at radius 1 is 1.38 bits per heavy atom. The number of rotatable bonds is 6. The molecule has 1 aliphatic rings. The van der Waals surface area contributed by atoms with Crippen LogP contribution in [0.4, 0.5) is 0 Å². The third kappa shape index (κ3) is 3.79. The monoisotopic (exact) mass is 328 g/mol. The van der Waals surface area contributed by atoms with Gasteiger partial charge in [0.25, 0.3) is 0 Å². The summed E-state index contributed by atoms with van der Waals surface area (Å²) < 4.78 is 5.31. The molecule has 7 nitrogen and oxygen atoms in total. The van der Waals surface area contributed by atoms with Crippen molar-refractivity contribution in [1.82, 2.24) is 20.4 Å². The highest BCUT2D eigenvalue weighted by Crippen LogP contribution is 2.31. The highest BCUT2D eigenvalue weighted by molar-refractivity contribution is 5.78. The molecule has 1 aliphatic heterocycles. The van der Waals surface area contributed by atoms with Gasteiger partial charge in [-0.05, 0) is 18.4 Å². The number of nitrogens with zero attached hydrogens (tertiary/aromatic N) is 3. The van der Waals surface area contributed by atoms with Gasteiger partial charge in [0.05, 0.1) is 6.54 Å². The molecule has 0 aliphatic carbocycles. The van der Waals surface area contributed by atoms with Crippen LogP contribution in [0.25, 0.3) is 0 Å². The first-order valence-electron chi connectivity index (χ1n) is 8.04. The number of benzene rings is 1. The maximum Gasteiger partial charge on any atom is 0.249 e. The molecule has 0 spiro atoms. The van der Waals surface area contributed by atoms with Crippen LogP contribution in [0.3, 0.4) is 0 Å². The molecule has 0 bridgehead atoms. The van der Waals surface area contributed by atoms with E-state index in [1.54, 1.807) is 0 Å². The lowest BCUT2D eigenvalue weighted by Crippen LogP contribution is -2.30. The molecule has 3 rings (SSSR count). The van der Waals surface area contributed by atoms with E-state index in [4.69, 9.17) is 4.52 Å². The lowest BCUT2D eigenvalue weighted by molar-refractivity contribution is -0.129. The van der Waals surface area contributed by atoms with E-state index in [0.717, 1.165) is 6.42 Å². The summed E-state index contributed by atoms with van der Waals surface area (Å²) in [5.41, 5.74) is 1.19. The molecule has 1 saturated heterocycles. The summed E-state index contributed by atoms with van der Waals surface area (Å²) in [4.78, 5) is 29.3. The van der Waals surface area contributed by atoms with E-state index >= 15 is 0 Å². The van der Waals surface area contributed by atoms with Crippen LogP contribution in [0.5, 0.6) is 0 Å². The Kier molecular flexibility index (Phi) is 4.88. The van der Waals surface area contributed by atoms with Gasteiger partial charge in [-0.1, -0.05) is 35.5 Å². The largest absolute Gasteiger partial charge is 0.349 e. The van der Waals surface area contributed by atoms with E-state index in [0.29, 0.717) is 31.1 Å². The summed E-state index contributed by atoms with van der Waals surface area (Å²) in [5.74, 6) is 0.816. The normalized spacial score (nSPS) is 17.3. The maximum absolute atomic E-state index is 12.2. The second kappa shape index (κ2) is 7.25. The minimum absolute atomic E-state index is 0.109. The Hall–Kier alpha value is -2.70. The Labute approximate surface area is 140 Å². The second-order valence-corrected chi connectivity index (χ2v) is 5.84. The van der Waals surface area contributed by atoms with Crippen LogP contribution in [-0.2, 0) is 22.6 Å². The van der Waals surface area contributed by atoms with Gasteiger partial charge in [0.1, 0.15) is 6.04 Å². The Balaban J connectivity index is 1.65. The minimum atomic E-state index is -0.181. The van der Waals surface area contributed by atoms with Gasteiger partial charge in [-0.15, -0.1) is 0 Å². The molecular formula is C17H20N4O3. The number of hydrogen-bond acceptors (Lipinski definition) is 5. The molecule has 1 N–H and O–H groups in total. The van der Waals surface area contributed by atoms with Crippen molar-refractivity contribution in [1.29, 1.82) is 0 Å². The fourth-order valence-electron chi connectivity index (χ4n) is 2.84. The van der Waals surface area contributed by atoms with Gasteiger partial charge in [-0.25, -0.2) is 0 Å². The molecule has 1 aromatic heterocycles. The summed E-state index contributed by atoms with van der Waals surface area (Å²) in [7, 11) is 0. The molecule has 0 radical (unpaired) electrons. The Bertz CT molecular complexity index is 714. The molecule has 0 saturated carbocycles. The summed E-state index contributed by atoms with van der Waals surface area (Å²) >= 11 is 0. The Morgan fingerprint density at radius 3 is 2.92 bits per heavy atom. The van der Waals surface area contributed by atoms with Crippen molar-refractivity contribution in [2.45, 2.75) is 38.8 Å². The fourth-order valence-corrected chi connectivity index (χ4v) is 2.84. The first-order valence-corrected chi connectivity index (χ1v) is 8.04. The van der Waals surface area contributed by atoms with Crippen LogP contribution in [-0.4, -0.2) is 33.4 Å². The van der Waals surface area contributed by atoms with Crippen LogP contribution in [0.1, 0.15) is 43.1 Å². The predicted octanol–water partition coefficient (Wildman–Crippen LogP) is 1.61. The molecule has 7 heteroatoms. The van der Waals surface area contributed by atoms with Crippen LogP contribution in [0.2, 0.25) is 0 Å². The lowest BCUT2D eigenvalue weighted by atomic mass is 10.1. The van der Waals surface area contributed by atoms with Crippen molar-refractivity contribution in [3.8, 4) is 0 Å². The molecular weight excluding hydrogens is 308 g/mol. The number of nitrogens with one attached hydrogen (secondary N) is 1. The van der Waals surface area contributed by atoms with Crippen molar-refractivity contribution in [2.24, 2.45) is 0 Å². The summed E-state index contributed by atoms with van der Waals surface area (Å²) in [6.07, 6.45) is 1.95. The number of carbonyl (C=O) groups is 2. The van der Waals surface area contributed by atoms with Crippen molar-refractivity contribution in [3.63, 3.8) is 0 Å². The van der Waals surface area contributed by atoms with Crippen molar-refractivity contribution < 1.29 is 14.1 Å². The average Bonchev–Trinajstić information content (AvgIpc) is 3.18. The maximum atomic E-state index is 12.2. The summed E-state index contributed by atoms with van der Waals surface area (Å²) in [6.45, 7) is 2.28. The molecule has 0 unspecified atom stereocenters. The molecule has 2 aromatic rings. The molecule has 24 heavy (non-hydrogen) atoms.